The van der Waals surface area contributed by atoms with Crippen molar-refractivity contribution in [3.05, 3.63) is 78.9 Å². The summed E-state index contributed by atoms with van der Waals surface area (Å²) in [5.74, 6) is 0. The van der Waals surface area contributed by atoms with E-state index in [1.54, 1.807) is 0 Å². The second kappa shape index (κ2) is 4.46. The molecule has 0 saturated carbocycles. The number of fused-ring (bicyclic) bond motifs is 2. The quantitative estimate of drug-likeness (QED) is 0.473. The molecule has 0 aliphatic rings. The fraction of sp³-hybridized carbons (Fsp3) is 0. The van der Waals surface area contributed by atoms with Crippen LogP contribution in [0, 0.1) is 6.07 Å². The average molecular weight is 254 g/mol. The third-order valence-electron chi connectivity index (χ3n) is 3.58. The first-order valence-electron chi connectivity index (χ1n) is 6.67. The molecule has 4 aromatic rings. The van der Waals surface area contributed by atoms with Gasteiger partial charge >= 0.3 is 0 Å². The molecular weight excluding hydrogens is 242 g/mol. The van der Waals surface area contributed by atoms with Crippen LogP contribution < -0.4 is 0 Å². The third-order valence-corrected chi connectivity index (χ3v) is 3.58. The maximum Gasteiger partial charge on any atom is 0.0795 e. The zero-order valence-electron chi connectivity index (χ0n) is 10.9. The number of aromatic nitrogens is 1. The molecule has 93 valence electrons. The molecule has 0 N–H and O–H groups in total. The molecule has 3 aromatic carbocycles. The van der Waals surface area contributed by atoms with Crippen LogP contribution in [0.15, 0.2) is 72.8 Å². The normalized spacial score (nSPS) is 11.0. The summed E-state index contributed by atoms with van der Waals surface area (Å²) in [6, 6.07) is 28.1. The molecule has 0 atom stereocenters. The monoisotopic (exact) mass is 254 g/mol. The third kappa shape index (κ3) is 1.76. The van der Waals surface area contributed by atoms with Crippen LogP contribution in [-0.2, 0) is 0 Å². The van der Waals surface area contributed by atoms with Gasteiger partial charge in [0.15, 0.2) is 0 Å². The summed E-state index contributed by atoms with van der Waals surface area (Å²) in [6.45, 7) is 0. The lowest BCUT2D eigenvalue weighted by atomic mass is 10.0. The maximum atomic E-state index is 4.74. The van der Waals surface area contributed by atoms with Crippen LogP contribution in [0.5, 0.6) is 0 Å². The van der Waals surface area contributed by atoms with Gasteiger partial charge in [-0.2, -0.15) is 0 Å². The smallest absolute Gasteiger partial charge is 0.0795 e. The van der Waals surface area contributed by atoms with Crippen molar-refractivity contribution in [2.24, 2.45) is 0 Å². The number of benzene rings is 3. The fourth-order valence-corrected chi connectivity index (χ4v) is 2.58. The Morgan fingerprint density at radius 3 is 2.40 bits per heavy atom. The van der Waals surface area contributed by atoms with E-state index in [1.807, 2.05) is 24.3 Å². The van der Waals surface area contributed by atoms with Gasteiger partial charge in [0, 0.05) is 17.0 Å². The summed E-state index contributed by atoms with van der Waals surface area (Å²) < 4.78 is 0. The first-order valence-corrected chi connectivity index (χ1v) is 6.67. The molecule has 0 unspecified atom stereocenters. The molecule has 0 aliphatic carbocycles. The van der Waals surface area contributed by atoms with Gasteiger partial charge in [0.25, 0.3) is 0 Å². The maximum absolute atomic E-state index is 4.74. The van der Waals surface area contributed by atoms with Crippen LogP contribution in [0.2, 0.25) is 0 Å². The molecule has 1 heteroatoms. The van der Waals surface area contributed by atoms with E-state index in [0.717, 1.165) is 22.2 Å². The second-order valence-electron chi connectivity index (χ2n) is 4.83. The molecular formula is C19H12N. The molecule has 1 aromatic heterocycles. The van der Waals surface area contributed by atoms with Crippen molar-refractivity contribution in [2.45, 2.75) is 0 Å². The highest BCUT2D eigenvalue weighted by Crippen LogP contribution is 2.28. The first-order chi connectivity index (χ1) is 9.92. The Kier molecular flexibility index (Phi) is 2.49. The lowest BCUT2D eigenvalue weighted by molar-refractivity contribution is 1.40. The van der Waals surface area contributed by atoms with Crippen LogP contribution in [0.4, 0.5) is 0 Å². The Bertz CT molecular complexity index is 904. The summed E-state index contributed by atoms with van der Waals surface area (Å²) in [6.07, 6.45) is 0. The van der Waals surface area contributed by atoms with Crippen LogP contribution in [0.1, 0.15) is 0 Å². The minimum atomic E-state index is 0.903. The zero-order valence-corrected chi connectivity index (χ0v) is 10.9. The minimum Gasteiger partial charge on any atom is -0.247 e. The van der Waals surface area contributed by atoms with Crippen molar-refractivity contribution in [3.8, 4) is 11.3 Å². The summed E-state index contributed by atoms with van der Waals surface area (Å²) in [4.78, 5) is 4.74. The Hall–Kier alpha value is -2.67. The van der Waals surface area contributed by atoms with Crippen LogP contribution in [-0.4, -0.2) is 4.98 Å². The topological polar surface area (TPSA) is 12.9 Å². The molecule has 0 fully saturated rings. The van der Waals surface area contributed by atoms with Crippen molar-refractivity contribution >= 4 is 21.7 Å². The Balaban J connectivity index is 2.01. The molecule has 1 heterocycles. The van der Waals surface area contributed by atoms with Gasteiger partial charge in [0.1, 0.15) is 0 Å². The van der Waals surface area contributed by atoms with Crippen LogP contribution >= 0.6 is 0 Å². The van der Waals surface area contributed by atoms with Crippen LogP contribution in [0.3, 0.4) is 0 Å². The van der Waals surface area contributed by atoms with Crippen LogP contribution in [0.25, 0.3) is 32.9 Å². The van der Waals surface area contributed by atoms with Crippen molar-refractivity contribution in [1.29, 1.82) is 0 Å². The van der Waals surface area contributed by atoms with E-state index in [-0.39, 0.29) is 0 Å². The SMILES string of the molecule is [c]1cc2ccccc2nc1-c1cccc2ccccc12. The lowest BCUT2D eigenvalue weighted by Gasteiger charge is -2.06. The molecule has 1 nitrogen and oxygen atoms in total. The predicted molar refractivity (Wildman–Crippen MR) is 83.5 cm³/mol. The molecule has 0 bridgehead atoms. The Morgan fingerprint density at radius 2 is 1.45 bits per heavy atom. The lowest BCUT2D eigenvalue weighted by Crippen LogP contribution is -1.87. The summed E-state index contributed by atoms with van der Waals surface area (Å²) in [5, 5.41) is 3.57. The fourth-order valence-electron chi connectivity index (χ4n) is 2.58. The first kappa shape index (κ1) is 11.2. The molecule has 4 rings (SSSR count). The Morgan fingerprint density at radius 1 is 0.700 bits per heavy atom. The molecule has 0 amide bonds. The molecule has 0 spiro atoms. The molecule has 1 radical (unpaired) electrons. The van der Waals surface area contributed by atoms with E-state index in [4.69, 9.17) is 4.98 Å². The van der Waals surface area contributed by atoms with Gasteiger partial charge in [0.2, 0.25) is 0 Å². The van der Waals surface area contributed by atoms with Gasteiger partial charge in [0.05, 0.1) is 11.2 Å². The number of hydrogen-bond acceptors (Lipinski definition) is 1. The highest BCUT2D eigenvalue weighted by atomic mass is 14.7. The van der Waals surface area contributed by atoms with Gasteiger partial charge < -0.3 is 0 Å². The Labute approximate surface area is 117 Å². The number of para-hydroxylation sites is 1. The number of hydrogen-bond donors (Lipinski definition) is 0. The van der Waals surface area contributed by atoms with Gasteiger partial charge in [-0.1, -0.05) is 60.7 Å². The van der Waals surface area contributed by atoms with E-state index < -0.39 is 0 Å². The van der Waals surface area contributed by atoms with Gasteiger partial charge in [-0.15, -0.1) is 0 Å². The van der Waals surface area contributed by atoms with Gasteiger partial charge in [-0.3, -0.25) is 0 Å². The zero-order chi connectivity index (χ0) is 13.4. The van der Waals surface area contributed by atoms with Crippen molar-refractivity contribution < 1.29 is 0 Å². The predicted octanol–water partition coefficient (Wildman–Crippen LogP) is 4.86. The van der Waals surface area contributed by atoms with E-state index >= 15 is 0 Å². The number of nitrogens with zero attached hydrogens (tertiary/aromatic N) is 1. The largest absolute Gasteiger partial charge is 0.247 e. The molecule has 0 aliphatic heterocycles. The van der Waals surface area contributed by atoms with E-state index in [2.05, 4.69) is 54.6 Å². The number of rotatable bonds is 1. The highest BCUT2D eigenvalue weighted by Gasteiger charge is 2.05. The van der Waals surface area contributed by atoms with Gasteiger partial charge in [-0.25, -0.2) is 4.98 Å². The van der Waals surface area contributed by atoms with E-state index in [0.29, 0.717) is 0 Å². The molecule has 0 saturated heterocycles. The summed E-state index contributed by atoms with van der Waals surface area (Å²) in [7, 11) is 0. The minimum absolute atomic E-state index is 0.903. The second-order valence-corrected chi connectivity index (χ2v) is 4.83. The van der Waals surface area contributed by atoms with Crippen molar-refractivity contribution in [2.75, 3.05) is 0 Å². The highest BCUT2D eigenvalue weighted by molar-refractivity contribution is 5.96. The van der Waals surface area contributed by atoms with Gasteiger partial charge in [-0.05, 0) is 22.9 Å². The summed E-state index contributed by atoms with van der Waals surface area (Å²) >= 11 is 0. The van der Waals surface area contributed by atoms with E-state index in [1.165, 1.54) is 10.8 Å². The number of pyridine rings is 1. The van der Waals surface area contributed by atoms with Crippen molar-refractivity contribution in [3.63, 3.8) is 0 Å². The molecule has 20 heavy (non-hydrogen) atoms. The standard InChI is InChI=1S/C19H12N/c1-3-9-16-14(6-1)8-5-10-17(16)19-13-12-15-7-2-4-11-18(15)20-19/h1-12H. The van der Waals surface area contributed by atoms with Crippen molar-refractivity contribution in [1.82, 2.24) is 4.98 Å². The average Bonchev–Trinajstić information content (AvgIpc) is 2.54. The summed E-state index contributed by atoms with van der Waals surface area (Å²) in [5.41, 5.74) is 3.04. The van der Waals surface area contributed by atoms with E-state index in [9.17, 15) is 0 Å².